The number of amides is 1. The van der Waals surface area contributed by atoms with E-state index in [1.54, 1.807) is 0 Å². The molecule has 1 amide bonds. The van der Waals surface area contributed by atoms with E-state index in [4.69, 9.17) is 28.4 Å². The number of hydrogen-bond acceptors (Lipinski definition) is 18. The van der Waals surface area contributed by atoms with Crippen LogP contribution in [0.2, 0.25) is 0 Å². The molecule has 3 saturated heterocycles. The summed E-state index contributed by atoms with van der Waals surface area (Å²) in [5.74, 6) is -0.236. The normalized spacial score (nSPS) is 27.3. The number of aliphatic hydroxyl groups excluding tert-OH is 11. The minimum Gasteiger partial charge on any atom is -0.394 e. The van der Waals surface area contributed by atoms with Crippen molar-refractivity contribution in [3.63, 3.8) is 0 Å². The fourth-order valence-corrected chi connectivity index (χ4v) is 13.5. The third-order valence-corrected chi connectivity index (χ3v) is 19.8. The molecule has 19 heteroatoms. The van der Waals surface area contributed by atoms with Crippen LogP contribution >= 0.6 is 0 Å². The molecule has 0 spiro atoms. The van der Waals surface area contributed by atoms with Gasteiger partial charge in [0.1, 0.15) is 73.2 Å². The van der Waals surface area contributed by atoms with Crippen LogP contribution < -0.4 is 5.32 Å². The number of rotatable bonds is 62. The molecule has 0 saturated carbocycles. The van der Waals surface area contributed by atoms with Crippen LogP contribution in [-0.2, 0) is 33.2 Å². The number of carbonyl (C=O) groups excluding carboxylic acids is 1. The fourth-order valence-electron chi connectivity index (χ4n) is 13.5. The highest BCUT2D eigenvalue weighted by Gasteiger charge is 2.54. The van der Waals surface area contributed by atoms with E-state index in [2.05, 4.69) is 43.5 Å². The first-order chi connectivity index (χ1) is 46.3. The van der Waals surface area contributed by atoms with E-state index in [9.17, 15) is 61.0 Å². The molecule has 19 nitrogen and oxygen atoms in total. The van der Waals surface area contributed by atoms with Gasteiger partial charge in [0, 0.05) is 6.42 Å². The summed E-state index contributed by atoms with van der Waals surface area (Å²) >= 11 is 0. The van der Waals surface area contributed by atoms with Crippen LogP contribution in [0.1, 0.15) is 322 Å². The highest BCUT2D eigenvalue weighted by Crippen LogP contribution is 2.33. The molecule has 3 fully saturated rings. The van der Waals surface area contributed by atoms with Crippen LogP contribution in [0, 0.1) is 0 Å². The van der Waals surface area contributed by atoms with E-state index in [0.717, 1.165) is 51.4 Å². The van der Waals surface area contributed by atoms with E-state index in [1.165, 1.54) is 238 Å². The lowest BCUT2D eigenvalue weighted by molar-refractivity contribution is -0.379. The van der Waals surface area contributed by atoms with Crippen LogP contribution in [0.5, 0.6) is 0 Å². The van der Waals surface area contributed by atoms with E-state index in [1.807, 2.05) is 0 Å². The summed E-state index contributed by atoms with van der Waals surface area (Å²) in [6.07, 6.45) is 41.3. The number of unbranched alkanes of at least 4 members (excludes halogenated alkanes) is 42. The van der Waals surface area contributed by atoms with Crippen molar-refractivity contribution in [3.05, 3.63) is 24.3 Å². The second-order valence-corrected chi connectivity index (χ2v) is 28.2. The van der Waals surface area contributed by atoms with Crippen molar-refractivity contribution in [3.8, 4) is 0 Å². The summed E-state index contributed by atoms with van der Waals surface area (Å²) in [4.78, 5) is 13.5. The molecule has 0 bridgehead atoms. The Labute approximate surface area is 575 Å². The molecule has 560 valence electrons. The Morgan fingerprint density at radius 3 is 1.07 bits per heavy atom. The van der Waals surface area contributed by atoms with E-state index in [0.29, 0.717) is 12.8 Å². The van der Waals surface area contributed by atoms with E-state index >= 15 is 0 Å². The van der Waals surface area contributed by atoms with Crippen molar-refractivity contribution in [2.45, 2.75) is 426 Å². The van der Waals surface area contributed by atoms with Crippen molar-refractivity contribution in [2.75, 3.05) is 26.4 Å². The second kappa shape index (κ2) is 57.8. The molecule has 3 aliphatic rings. The predicted molar refractivity (Wildman–Crippen MR) is 374 cm³/mol. The molecule has 95 heavy (non-hydrogen) atoms. The quantitative estimate of drug-likeness (QED) is 0.0199. The molecule has 0 aromatic heterocycles. The summed E-state index contributed by atoms with van der Waals surface area (Å²) in [5.41, 5.74) is 0. The zero-order valence-electron chi connectivity index (χ0n) is 59.7. The zero-order chi connectivity index (χ0) is 68.9. The maximum absolute atomic E-state index is 13.5. The first-order valence-electron chi connectivity index (χ1n) is 39.1. The molecule has 0 radical (unpaired) electrons. The molecule has 3 aliphatic heterocycles. The van der Waals surface area contributed by atoms with Crippen LogP contribution in [-0.4, -0.2) is 193 Å². The third-order valence-electron chi connectivity index (χ3n) is 19.8. The summed E-state index contributed by atoms with van der Waals surface area (Å²) in [6.45, 7) is 1.83. The van der Waals surface area contributed by atoms with Crippen molar-refractivity contribution in [1.82, 2.24) is 5.32 Å². The third kappa shape index (κ3) is 38.8. The molecule has 17 atom stereocenters. The Balaban J connectivity index is 1.34. The first kappa shape index (κ1) is 87.5. The molecule has 0 aliphatic carbocycles. The number of carbonyl (C=O) groups is 1. The van der Waals surface area contributed by atoms with Gasteiger partial charge >= 0.3 is 0 Å². The van der Waals surface area contributed by atoms with Gasteiger partial charge in [0.25, 0.3) is 0 Å². The van der Waals surface area contributed by atoms with Gasteiger partial charge in [0.05, 0.1) is 38.6 Å². The number of allylic oxidation sites excluding steroid dienone is 4. The smallest absolute Gasteiger partial charge is 0.220 e. The highest BCUT2D eigenvalue weighted by atomic mass is 16.8. The van der Waals surface area contributed by atoms with Crippen LogP contribution in [0.25, 0.3) is 0 Å². The van der Waals surface area contributed by atoms with Gasteiger partial charge in [-0.3, -0.25) is 4.79 Å². The molecule has 17 unspecified atom stereocenters. The Kier molecular flexibility index (Phi) is 53.3. The molecular formula is C76H143NO18. The van der Waals surface area contributed by atoms with E-state index < -0.39 is 124 Å². The van der Waals surface area contributed by atoms with Crippen molar-refractivity contribution < 1.29 is 89.4 Å². The average Bonchev–Trinajstić information content (AvgIpc) is 0.786. The molecule has 12 N–H and O–H groups in total. The maximum atomic E-state index is 13.5. The topological polar surface area (TPSA) is 307 Å². The molecule has 0 aromatic carbocycles. The number of ether oxygens (including phenoxy) is 6. The van der Waals surface area contributed by atoms with Gasteiger partial charge in [0.15, 0.2) is 18.9 Å². The molecular weight excluding hydrogens is 1210 g/mol. The van der Waals surface area contributed by atoms with Crippen molar-refractivity contribution in [2.24, 2.45) is 0 Å². The Morgan fingerprint density at radius 1 is 0.379 bits per heavy atom. The van der Waals surface area contributed by atoms with Gasteiger partial charge in [-0.05, 0) is 44.9 Å². The largest absolute Gasteiger partial charge is 0.394 e. The van der Waals surface area contributed by atoms with Gasteiger partial charge in [-0.1, -0.05) is 295 Å². The lowest BCUT2D eigenvalue weighted by atomic mass is 9.96. The van der Waals surface area contributed by atoms with E-state index in [-0.39, 0.29) is 18.9 Å². The monoisotopic (exact) mass is 1360 g/mol. The Hall–Kier alpha value is -1.73. The lowest BCUT2D eigenvalue weighted by Crippen LogP contribution is -2.66. The van der Waals surface area contributed by atoms with Crippen molar-refractivity contribution >= 4 is 5.91 Å². The van der Waals surface area contributed by atoms with Gasteiger partial charge in [0.2, 0.25) is 5.91 Å². The van der Waals surface area contributed by atoms with Gasteiger partial charge < -0.3 is 89.9 Å². The van der Waals surface area contributed by atoms with Gasteiger partial charge in [-0.15, -0.1) is 0 Å². The highest BCUT2D eigenvalue weighted by molar-refractivity contribution is 5.76. The minimum atomic E-state index is -1.97. The Morgan fingerprint density at radius 2 is 0.695 bits per heavy atom. The van der Waals surface area contributed by atoms with Crippen LogP contribution in [0.3, 0.4) is 0 Å². The zero-order valence-corrected chi connectivity index (χ0v) is 59.7. The fraction of sp³-hybridized carbons (Fsp3) is 0.934. The van der Waals surface area contributed by atoms with Crippen molar-refractivity contribution in [1.29, 1.82) is 0 Å². The summed E-state index contributed by atoms with van der Waals surface area (Å²) in [5, 5.41) is 121. The summed E-state index contributed by atoms with van der Waals surface area (Å²) < 4.78 is 34.5. The Bertz CT molecular complexity index is 1810. The standard InChI is InChI=1S/C76H143NO18/c1-3-5-7-9-11-13-15-17-19-21-22-23-24-25-26-27-28-29-30-31-32-33-34-35-36-38-40-42-44-46-48-50-52-54-64(82)77-59(60(81)53-51-49-47-45-43-41-39-37-20-18-16-14-12-10-8-6-4-2)58-90-74-70(88)67(85)72(62(56-79)92-74)95-76-71(89)68(86)73(63(57-80)93-76)94-75-69(87)66(84)65(83)61(55-78)91-75/h15,17,21-22,59-63,65-76,78-81,83-89H,3-14,16,18-20,23-58H2,1-2H3,(H,77,82)/b17-15-,22-21-. The second-order valence-electron chi connectivity index (χ2n) is 28.2. The van der Waals surface area contributed by atoms with Gasteiger partial charge in [-0.2, -0.15) is 0 Å². The van der Waals surface area contributed by atoms with Crippen LogP contribution in [0.4, 0.5) is 0 Å². The SMILES string of the molecule is CCCCCCC/C=C\C/C=C\CCCCCCCCCCCCCCCCCCCCCCCC(=O)NC(COC1OC(CO)C(OC2OC(CO)C(OC3OC(CO)C(O)C(O)C3O)C(O)C2O)C(O)C1O)C(O)CCCCCCCCCCCCCCCCCCC. The summed E-state index contributed by atoms with van der Waals surface area (Å²) in [6, 6.07) is -0.885. The predicted octanol–water partition coefficient (Wildman–Crippen LogP) is 12.2. The number of aliphatic hydroxyl groups is 11. The van der Waals surface area contributed by atoms with Gasteiger partial charge in [-0.25, -0.2) is 0 Å². The molecule has 3 heterocycles. The first-order valence-corrected chi connectivity index (χ1v) is 39.1. The molecule has 3 rings (SSSR count). The maximum Gasteiger partial charge on any atom is 0.220 e. The number of nitrogens with one attached hydrogen (secondary N) is 1. The average molecular weight is 1360 g/mol. The molecule has 0 aromatic rings. The minimum absolute atomic E-state index is 0.236. The lowest BCUT2D eigenvalue weighted by Gasteiger charge is -2.48. The van der Waals surface area contributed by atoms with Crippen LogP contribution in [0.15, 0.2) is 24.3 Å². The number of hydrogen-bond donors (Lipinski definition) is 12. The summed E-state index contributed by atoms with van der Waals surface area (Å²) in [7, 11) is 0.